The Balaban J connectivity index is 2.42. The minimum atomic E-state index is -3.85. The lowest BCUT2D eigenvalue weighted by molar-refractivity contribution is 0.603. The Labute approximate surface area is 141 Å². The van der Waals surface area contributed by atoms with E-state index in [0.717, 1.165) is 5.56 Å². The highest BCUT2D eigenvalue weighted by Crippen LogP contribution is 2.23. The summed E-state index contributed by atoms with van der Waals surface area (Å²) in [5.74, 6) is 0.390. The number of hydrogen-bond donors (Lipinski definition) is 0. The van der Waals surface area contributed by atoms with Crippen molar-refractivity contribution in [3.8, 4) is 6.07 Å². The van der Waals surface area contributed by atoms with Gasteiger partial charge >= 0.3 is 0 Å². The van der Waals surface area contributed by atoms with Crippen LogP contribution in [0, 0.1) is 11.3 Å². The molecule has 2 aromatic carbocycles. The van der Waals surface area contributed by atoms with Gasteiger partial charge in [-0.25, -0.2) is 8.42 Å². The standard InChI is InChI=1S/C18H16ClNO2S/c1-13(2)15-5-3-14(4-6-15)11-18(12-20)23(21,22)17-9-7-16(19)8-10-17/h3-11,13H,1-2H3/b18-11-. The van der Waals surface area contributed by atoms with Gasteiger partial charge in [-0.05, 0) is 47.4 Å². The average Bonchev–Trinajstić information content (AvgIpc) is 2.53. The maximum Gasteiger partial charge on any atom is 0.216 e. The fourth-order valence-corrected chi connectivity index (χ4v) is 3.32. The summed E-state index contributed by atoms with van der Waals surface area (Å²) in [7, 11) is -3.85. The molecule has 0 saturated carbocycles. The largest absolute Gasteiger partial charge is 0.218 e. The Kier molecular flexibility index (Phi) is 5.25. The Hall–Kier alpha value is -2.09. The van der Waals surface area contributed by atoms with Crippen LogP contribution in [0.15, 0.2) is 58.3 Å². The van der Waals surface area contributed by atoms with E-state index in [-0.39, 0.29) is 9.80 Å². The fourth-order valence-electron chi connectivity index (χ4n) is 2.04. The van der Waals surface area contributed by atoms with Crippen molar-refractivity contribution in [3.63, 3.8) is 0 Å². The molecule has 0 radical (unpaired) electrons. The number of halogens is 1. The lowest BCUT2D eigenvalue weighted by atomic mass is 10.0. The van der Waals surface area contributed by atoms with Gasteiger partial charge in [-0.2, -0.15) is 5.26 Å². The lowest BCUT2D eigenvalue weighted by Gasteiger charge is -2.06. The topological polar surface area (TPSA) is 57.9 Å². The van der Waals surface area contributed by atoms with Gasteiger partial charge in [0.1, 0.15) is 11.0 Å². The molecule has 0 amide bonds. The van der Waals surface area contributed by atoms with Gasteiger partial charge in [0.05, 0.1) is 4.90 Å². The molecule has 2 aromatic rings. The molecule has 0 spiro atoms. The first-order valence-electron chi connectivity index (χ1n) is 7.07. The molecule has 0 atom stereocenters. The predicted molar refractivity (Wildman–Crippen MR) is 92.8 cm³/mol. The van der Waals surface area contributed by atoms with Crippen molar-refractivity contribution >= 4 is 27.5 Å². The molecule has 5 heteroatoms. The van der Waals surface area contributed by atoms with Crippen LogP contribution in [0.2, 0.25) is 5.02 Å². The van der Waals surface area contributed by atoms with Gasteiger partial charge in [-0.15, -0.1) is 0 Å². The molecule has 0 saturated heterocycles. The molecule has 0 aliphatic carbocycles. The van der Waals surface area contributed by atoms with Crippen LogP contribution in [0.25, 0.3) is 6.08 Å². The minimum absolute atomic E-state index is 0.0495. The Morgan fingerprint density at radius 1 is 1.09 bits per heavy atom. The first-order chi connectivity index (χ1) is 10.8. The first-order valence-corrected chi connectivity index (χ1v) is 8.93. The summed E-state index contributed by atoms with van der Waals surface area (Å²) in [5, 5.41) is 9.70. The molecule has 0 aliphatic heterocycles. The van der Waals surface area contributed by atoms with Crippen molar-refractivity contribution in [2.75, 3.05) is 0 Å². The average molecular weight is 346 g/mol. The van der Waals surface area contributed by atoms with Crippen LogP contribution in [0.3, 0.4) is 0 Å². The maximum atomic E-state index is 12.5. The van der Waals surface area contributed by atoms with E-state index < -0.39 is 9.84 Å². The van der Waals surface area contributed by atoms with Gasteiger partial charge in [0.25, 0.3) is 0 Å². The van der Waals surface area contributed by atoms with Crippen LogP contribution in [-0.2, 0) is 9.84 Å². The van der Waals surface area contributed by atoms with Crippen LogP contribution in [-0.4, -0.2) is 8.42 Å². The molecular weight excluding hydrogens is 330 g/mol. The lowest BCUT2D eigenvalue weighted by Crippen LogP contribution is -2.03. The normalized spacial score (nSPS) is 12.2. The van der Waals surface area contributed by atoms with E-state index in [9.17, 15) is 13.7 Å². The number of hydrogen-bond acceptors (Lipinski definition) is 3. The summed E-state index contributed by atoms with van der Waals surface area (Å²) in [6.45, 7) is 4.16. The zero-order chi connectivity index (χ0) is 17.0. The smallest absolute Gasteiger partial charge is 0.216 e. The molecule has 3 nitrogen and oxygen atoms in total. The van der Waals surface area contributed by atoms with Crippen LogP contribution < -0.4 is 0 Å². The van der Waals surface area contributed by atoms with E-state index in [1.807, 2.05) is 24.3 Å². The second kappa shape index (κ2) is 6.99. The van der Waals surface area contributed by atoms with E-state index in [1.54, 1.807) is 6.07 Å². The number of nitrogens with zero attached hydrogens (tertiary/aromatic N) is 1. The second-order valence-electron chi connectivity index (χ2n) is 5.40. The van der Waals surface area contributed by atoms with Crippen molar-refractivity contribution < 1.29 is 8.42 Å². The summed E-state index contributed by atoms with van der Waals surface area (Å²) >= 11 is 5.77. The van der Waals surface area contributed by atoms with Gasteiger partial charge in [0.15, 0.2) is 0 Å². The highest BCUT2D eigenvalue weighted by atomic mass is 35.5. The van der Waals surface area contributed by atoms with Crippen molar-refractivity contribution in [1.29, 1.82) is 5.26 Å². The van der Waals surface area contributed by atoms with Crippen LogP contribution >= 0.6 is 11.6 Å². The molecule has 0 bridgehead atoms. The zero-order valence-electron chi connectivity index (χ0n) is 12.8. The first kappa shape index (κ1) is 17.3. The molecule has 0 aromatic heterocycles. The van der Waals surface area contributed by atoms with E-state index in [2.05, 4.69) is 13.8 Å². The molecule has 0 aliphatic rings. The third-order valence-electron chi connectivity index (χ3n) is 3.42. The molecule has 2 rings (SSSR count). The van der Waals surface area contributed by atoms with Crippen molar-refractivity contribution in [2.45, 2.75) is 24.7 Å². The molecule has 0 fully saturated rings. The van der Waals surface area contributed by atoms with Crippen LogP contribution in [0.5, 0.6) is 0 Å². The third-order valence-corrected chi connectivity index (χ3v) is 5.36. The Bertz CT molecular complexity index is 859. The molecular formula is C18H16ClNO2S. The molecule has 23 heavy (non-hydrogen) atoms. The number of allylic oxidation sites excluding steroid dienone is 1. The number of benzene rings is 2. The summed E-state index contributed by atoms with van der Waals surface area (Å²) in [4.78, 5) is -0.245. The minimum Gasteiger partial charge on any atom is -0.218 e. The van der Waals surface area contributed by atoms with Gasteiger partial charge in [0, 0.05) is 5.02 Å². The second-order valence-corrected chi connectivity index (χ2v) is 7.75. The molecule has 0 heterocycles. The Morgan fingerprint density at radius 2 is 1.65 bits per heavy atom. The van der Waals surface area contributed by atoms with Crippen molar-refractivity contribution in [3.05, 3.63) is 69.6 Å². The van der Waals surface area contributed by atoms with E-state index in [4.69, 9.17) is 11.6 Å². The van der Waals surface area contributed by atoms with Gasteiger partial charge in [-0.1, -0.05) is 49.7 Å². The maximum absolute atomic E-state index is 12.5. The van der Waals surface area contributed by atoms with Gasteiger partial charge in [0.2, 0.25) is 9.84 Å². The van der Waals surface area contributed by atoms with E-state index >= 15 is 0 Å². The quantitative estimate of drug-likeness (QED) is 0.748. The highest BCUT2D eigenvalue weighted by Gasteiger charge is 2.20. The molecule has 118 valence electrons. The summed E-state index contributed by atoms with van der Waals surface area (Å²) in [6, 6.07) is 15.0. The van der Waals surface area contributed by atoms with Crippen LogP contribution in [0.1, 0.15) is 30.9 Å². The zero-order valence-corrected chi connectivity index (χ0v) is 14.4. The van der Waals surface area contributed by atoms with Crippen molar-refractivity contribution in [1.82, 2.24) is 0 Å². The van der Waals surface area contributed by atoms with Crippen LogP contribution in [0.4, 0.5) is 0 Å². The Morgan fingerprint density at radius 3 is 2.13 bits per heavy atom. The summed E-state index contributed by atoms with van der Waals surface area (Å²) < 4.78 is 25.0. The highest BCUT2D eigenvalue weighted by molar-refractivity contribution is 7.95. The molecule has 0 unspecified atom stereocenters. The monoisotopic (exact) mass is 345 g/mol. The number of sulfone groups is 1. The summed E-state index contributed by atoms with van der Waals surface area (Å²) in [6.07, 6.45) is 1.38. The fraction of sp³-hybridized carbons (Fsp3) is 0.167. The molecule has 0 N–H and O–H groups in total. The van der Waals surface area contributed by atoms with Crippen molar-refractivity contribution in [2.24, 2.45) is 0 Å². The number of nitriles is 1. The van der Waals surface area contributed by atoms with E-state index in [1.165, 1.54) is 30.3 Å². The third kappa shape index (κ3) is 4.01. The summed E-state index contributed by atoms with van der Waals surface area (Å²) in [5.41, 5.74) is 1.82. The predicted octanol–water partition coefficient (Wildman–Crippen LogP) is 4.80. The number of rotatable bonds is 4. The SMILES string of the molecule is CC(C)c1ccc(/C=C(/C#N)S(=O)(=O)c2ccc(Cl)cc2)cc1. The van der Waals surface area contributed by atoms with E-state index in [0.29, 0.717) is 16.5 Å². The van der Waals surface area contributed by atoms with Gasteiger partial charge < -0.3 is 0 Å². The van der Waals surface area contributed by atoms with Gasteiger partial charge in [-0.3, -0.25) is 0 Å².